The van der Waals surface area contributed by atoms with Gasteiger partial charge in [-0.25, -0.2) is 0 Å². The molecule has 21 heteroatoms. The molecule has 0 aliphatic heterocycles. The number of hydrogen-bond acceptors (Lipinski definition) is 12. The van der Waals surface area contributed by atoms with Crippen molar-refractivity contribution in [3.05, 3.63) is 129 Å². The number of carbonyl (C=O) groups excluding carboxylic acids is 6. The van der Waals surface area contributed by atoms with Crippen molar-refractivity contribution in [2.45, 2.75) is 56.4 Å². The summed E-state index contributed by atoms with van der Waals surface area (Å²) < 4.78 is 10.7. The first-order chi connectivity index (χ1) is 32.3. The van der Waals surface area contributed by atoms with Crippen molar-refractivity contribution in [1.29, 1.82) is 0 Å². The zero-order valence-corrected chi connectivity index (χ0v) is 40.9. The molecule has 0 bridgehead atoms. The lowest BCUT2D eigenvalue weighted by molar-refractivity contribution is -0.127. The number of benzene rings is 5. The molecule has 5 aromatic rings. The second kappa shape index (κ2) is 24.0. The summed E-state index contributed by atoms with van der Waals surface area (Å²) in [5.74, 6) is -3.12. The smallest absolute Gasteiger partial charge is 0.258 e. The Balaban J connectivity index is 1.26. The maximum atomic E-state index is 13.4. The molecule has 0 saturated carbocycles. The monoisotopic (exact) mass is 1020 g/mol. The first-order valence-electron chi connectivity index (χ1n) is 20.3. The first kappa shape index (κ1) is 52.5. The number of ether oxygens (including phenoxy) is 2. The maximum absolute atomic E-state index is 13.4. The molecule has 5 rings (SSSR count). The van der Waals surface area contributed by atoms with E-state index in [0.717, 1.165) is 13.8 Å². The summed E-state index contributed by atoms with van der Waals surface area (Å²) in [5.41, 5.74) is 3.31. The Labute approximate surface area is 416 Å². The minimum atomic E-state index is -1.63. The lowest BCUT2D eigenvalue weighted by Gasteiger charge is -2.15. The van der Waals surface area contributed by atoms with Crippen LogP contribution in [0, 0.1) is 0 Å². The number of alkyl halides is 3. The molecular weight excluding hydrogens is 982 g/mol. The number of nitrogens with one attached hydrogen (secondary N) is 4. The lowest BCUT2D eigenvalue weighted by atomic mass is 10.1. The van der Waals surface area contributed by atoms with Gasteiger partial charge in [-0.2, -0.15) is 20.5 Å². The van der Waals surface area contributed by atoms with Crippen LogP contribution in [0.5, 0.6) is 11.5 Å². The average molecular weight is 1030 g/mol. The number of Topliss-reactive ketones (excluding diaryl/α,β-unsaturated/α-hetero) is 2. The van der Waals surface area contributed by atoms with Crippen LogP contribution in [0.1, 0.15) is 75.9 Å². The van der Waals surface area contributed by atoms with Gasteiger partial charge < -0.3 is 30.7 Å². The number of carbonyl (C=O) groups is 6. The zero-order valence-electron chi connectivity index (χ0n) is 37.1. The Morgan fingerprint density at radius 1 is 0.559 bits per heavy atom. The maximum Gasteiger partial charge on any atom is 0.258 e. The van der Waals surface area contributed by atoms with E-state index < -0.39 is 58.0 Å². The van der Waals surface area contributed by atoms with Crippen LogP contribution in [0.15, 0.2) is 111 Å². The standard InChI is InChI=1S/C47H43Cl5N8O8/c1-23(49)37-20-33(8-11-40(37)67-5)53-44(63)27-13-30(51)18-35(15-27)57-59-42(25(3)61)46(65)55-32-7-10-39(29(17-32)22-48)56-47(66)43(26(4)62)60-58-36-16-28(14-31(52)19-36)45(64)54-34-9-12-41(68-6)38(21-34)24(2)50/h7-21,23-24,42-43H,22H2,1-6H3,(H,53,63)(H,54,64)(H,55,65)(H,56,66). The Morgan fingerprint density at radius 3 is 1.37 bits per heavy atom. The molecule has 0 saturated heterocycles. The first-order valence-corrected chi connectivity index (χ1v) is 22.5. The number of hydrogen-bond donors (Lipinski definition) is 4. The van der Waals surface area contributed by atoms with Crippen LogP contribution in [0.3, 0.4) is 0 Å². The van der Waals surface area contributed by atoms with Gasteiger partial charge in [0.05, 0.1) is 36.3 Å². The van der Waals surface area contributed by atoms with Crippen molar-refractivity contribution in [1.82, 2.24) is 0 Å². The summed E-state index contributed by atoms with van der Waals surface area (Å²) in [6.07, 6.45) is 0. The molecule has 5 aromatic carbocycles. The van der Waals surface area contributed by atoms with Gasteiger partial charge in [0.15, 0.2) is 11.6 Å². The molecule has 0 radical (unpaired) electrons. The summed E-state index contributed by atoms with van der Waals surface area (Å²) in [6, 6.07) is 19.4. The fourth-order valence-electron chi connectivity index (χ4n) is 6.38. The Bertz CT molecular complexity index is 2820. The Hall–Kier alpha value is -6.43. The largest absolute Gasteiger partial charge is 0.496 e. The zero-order chi connectivity index (χ0) is 49.8. The lowest BCUT2D eigenvalue weighted by Crippen LogP contribution is -2.32. The Morgan fingerprint density at radius 2 is 0.971 bits per heavy atom. The van der Waals surface area contributed by atoms with Crippen LogP contribution in [-0.4, -0.2) is 61.5 Å². The van der Waals surface area contributed by atoms with E-state index >= 15 is 0 Å². The van der Waals surface area contributed by atoms with E-state index in [9.17, 15) is 28.8 Å². The van der Waals surface area contributed by atoms with Crippen molar-refractivity contribution in [2.75, 3.05) is 35.5 Å². The van der Waals surface area contributed by atoms with Crippen LogP contribution in [0.4, 0.5) is 34.1 Å². The molecule has 0 spiro atoms. The van der Waals surface area contributed by atoms with Crippen LogP contribution < -0.4 is 30.7 Å². The predicted octanol–water partition coefficient (Wildman–Crippen LogP) is 12.2. The molecule has 16 nitrogen and oxygen atoms in total. The number of amides is 4. The van der Waals surface area contributed by atoms with Crippen molar-refractivity contribution in [3.8, 4) is 11.5 Å². The highest BCUT2D eigenvalue weighted by atomic mass is 35.5. The van der Waals surface area contributed by atoms with E-state index in [1.165, 1.54) is 68.8 Å². The molecule has 0 aliphatic rings. The van der Waals surface area contributed by atoms with Crippen molar-refractivity contribution >= 4 is 127 Å². The average Bonchev–Trinajstić information content (AvgIpc) is 3.28. The second-order valence-electron chi connectivity index (χ2n) is 14.9. The van der Waals surface area contributed by atoms with Gasteiger partial charge in [-0.05, 0) is 124 Å². The van der Waals surface area contributed by atoms with Crippen molar-refractivity contribution < 1.29 is 38.2 Å². The van der Waals surface area contributed by atoms with E-state index in [4.69, 9.17) is 67.5 Å². The Kier molecular flexibility index (Phi) is 18.6. The fraction of sp³-hybridized carbons (Fsp3) is 0.234. The minimum absolute atomic E-state index is 0.0819. The fourth-order valence-corrected chi connectivity index (χ4v) is 7.40. The molecule has 0 heterocycles. The quantitative estimate of drug-likeness (QED) is 0.0353. The third kappa shape index (κ3) is 14.1. The number of anilines is 4. The number of halogens is 5. The second-order valence-corrected chi connectivity index (χ2v) is 17.3. The number of methoxy groups -OCH3 is 2. The van der Waals surface area contributed by atoms with Crippen LogP contribution in [0.2, 0.25) is 10.0 Å². The molecule has 4 unspecified atom stereocenters. The molecule has 4 amide bonds. The molecule has 4 atom stereocenters. The molecule has 0 fully saturated rings. The van der Waals surface area contributed by atoms with Crippen LogP contribution in [-0.2, 0) is 25.1 Å². The van der Waals surface area contributed by atoms with Gasteiger partial charge in [0, 0.05) is 60.9 Å². The SMILES string of the molecule is COc1ccc(NC(=O)c2cc(Cl)cc(N=NC(C(C)=O)C(=O)Nc3ccc(NC(=O)C(N=Nc4cc(Cl)cc(C(=O)Nc5ccc(OC)c(C(C)Cl)c5)c4)C(C)=O)c(CCl)c3)c2)cc1C(C)Cl. The number of nitrogens with zero attached hydrogens (tertiary/aromatic N) is 4. The third-order valence-corrected chi connectivity index (χ3v) is 10.9. The van der Waals surface area contributed by atoms with Gasteiger partial charge in [0.1, 0.15) is 11.5 Å². The van der Waals surface area contributed by atoms with Crippen LogP contribution in [0.25, 0.3) is 0 Å². The molecule has 0 aliphatic carbocycles. The number of rotatable bonds is 19. The number of azo groups is 2. The van der Waals surface area contributed by atoms with E-state index in [0.29, 0.717) is 39.6 Å². The van der Waals surface area contributed by atoms with Gasteiger partial charge >= 0.3 is 0 Å². The minimum Gasteiger partial charge on any atom is -0.496 e. The van der Waals surface area contributed by atoms with Gasteiger partial charge in [-0.15, -0.1) is 34.8 Å². The predicted molar refractivity (Wildman–Crippen MR) is 265 cm³/mol. The topological polar surface area (TPSA) is 218 Å². The van der Waals surface area contributed by atoms with E-state index in [2.05, 4.69) is 41.7 Å². The summed E-state index contributed by atoms with van der Waals surface area (Å²) in [7, 11) is 3.02. The van der Waals surface area contributed by atoms with Gasteiger partial charge in [0.25, 0.3) is 23.6 Å². The highest BCUT2D eigenvalue weighted by Crippen LogP contribution is 2.34. The molecule has 354 valence electrons. The van der Waals surface area contributed by atoms with Crippen molar-refractivity contribution in [2.24, 2.45) is 20.5 Å². The highest BCUT2D eigenvalue weighted by molar-refractivity contribution is 6.32. The normalized spacial score (nSPS) is 13.0. The third-order valence-electron chi connectivity index (χ3n) is 9.74. The molecule has 0 aromatic heterocycles. The van der Waals surface area contributed by atoms with E-state index in [1.54, 1.807) is 50.2 Å². The van der Waals surface area contributed by atoms with Gasteiger partial charge in [-0.3, -0.25) is 28.8 Å². The molecule has 68 heavy (non-hydrogen) atoms. The van der Waals surface area contributed by atoms with Gasteiger partial charge in [0.2, 0.25) is 12.1 Å². The number of ketones is 2. The van der Waals surface area contributed by atoms with Crippen molar-refractivity contribution in [3.63, 3.8) is 0 Å². The summed E-state index contributed by atoms with van der Waals surface area (Å²) >= 11 is 31.4. The molecule has 4 N–H and O–H groups in total. The molecular formula is C47H43Cl5N8O8. The highest BCUT2D eigenvalue weighted by Gasteiger charge is 2.26. The van der Waals surface area contributed by atoms with E-state index in [-0.39, 0.29) is 49.8 Å². The van der Waals surface area contributed by atoms with E-state index in [1.807, 2.05) is 0 Å². The van der Waals surface area contributed by atoms with Crippen LogP contribution >= 0.6 is 58.0 Å². The summed E-state index contributed by atoms with van der Waals surface area (Å²) in [4.78, 5) is 78.5. The van der Waals surface area contributed by atoms with Gasteiger partial charge in [-0.1, -0.05) is 23.2 Å². The summed E-state index contributed by atoms with van der Waals surface area (Å²) in [6.45, 7) is 5.84. The summed E-state index contributed by atoms with van der Waals surface area (Å²) in [5, 5.41) is 26.3.